The van der Waals surface area contributed by atoms with E-state index in [1.165, 1.54) is 56.4 Å². The van der Waals surface area contributed by atoms with Gasteiger partial charge in [0.05, 0.1) is 20.0 Å². The molecule has 2 heterocycles. The quantitative estimate of drug-likeness (QED) is 0.302. The van der Waals surface area contributed by atoms with Crippen LogP contribution in [0.25, 0.3) is 0 Å². The summed E-state index contributed by atoms with van der Waals surface area (Å²) in [7, 11) is 2.84. The van der Waals surface area contributed by atoms with Crippen molar-refractivity contribution in [3.63, 3.8) is 0 Å². The maximum atomic E-state index is 12.5. The molecule has 0 aliphatic heterocycles. The number of nitrogens with one attached hydrogen (secondary N) is 1. The molecule has 2 aromatic heterocycles. The van der Waals surface area contributed by atoms with Gasteiger partial charge in [0, 0.05) is 13.0 Å². The minimum absolute atomic E-state index is 0.104. The van der Waals surface area contributed by atoms with Crippen molar-refractivity contribution in [1.29, 1.82) is 0 Å². The number of para-hydroxylation sites is 1. The first-order chi connectivity index (χ1) is 14.9. The number of carbonyl (C=O) groups is 2. The molecule has 0 aliphatic rings. The van der Waals surface area contributed by atoms with Gasteiger partial charge in [0.1, 0.15) is 17.6 Å². The van der Waals surface area contributed by atoms with E-state index in [4.69, 9.17) is 18.6 Å². The van der Waals surface area contributed by atoms with E-state index in [1.54, 1.807) is 12.1 Å². The van der Waals surface area contributed by atoms with Crippen molar-refractivity contribution in [3.8, 4) is 17.2 Å². The van der Waals surface area contributed by atoms with Crippen LogP contribution in [-0.2, 0) is 10.5 Å². The van der Waals surface area contributed by atoms with Gasteiger partial charge in [-0.15, -0.1) is 10.2 Å². The number of nitrogens with zero attached hydrogens (tertiary/aromatic N) is 2. The zero-order valence-corrected chi connectivity index (χ0v) is 18.3. The molecule has 1 amide bonds. The minimum Gasteiger partial charge on any atom is -0.493 e. The highest BCUT2D eigenvalue weighted by atomic mass is 32.2. The Labute approximate surface area is 184 Å². The summed E-state index contributed by atoms with van der Waals surface area (Å²) in [5.41, 5.74) is -0.416. The summed E-state index contributed by atoms with van der Waals surface area (Å²) < 4.78 is 21.5. The van der Waals surface area contributed by atoms with Gasteiger partial charge in [0.15, 0.2) is 15.8 Å². The van der Waals surface area contributed by atoms with Crippen molar-refractivity contribution in [2.45, 2.75) is 17.0 Å². The van der Waals surface area contributed by atoms with Crippen LogP contribution in [0.4, 0.5) is 5.13 Å². The predicted molar refractivity (Wildman–Crippen MR) is 113 cm³/mol. The molecule has 162 valence electrons. The standard InChI is InChI=1S/C19H17N3O7S2/c1-10(23)20-18-21-22-19(31-18)30-9-11-7-13(24)15(8-28-11)29-17(25)12-5-4-6-14(26-2)16(12)27-3/h4-8H,9H2,1-3H3,(H,20,21,23). The normalized spacial score (nSPS) is 10.4. The lowest BCUT2D eigenvalue weighted by Crippen LogP contribution is -2.15. The molecule has 0 bridgehead atoms. The van der Waals surface area contributed by atoms with Gasteiger partial charge < -0.3 is 23.9 Å². The van der Waals surface area contributed by atoms with E-state index in [0.29, 0.717) is 26.7 Å². The summed E-state index contributed by atoms with van der Waals surface area (Å²) in [6, 6.07) is 5.96. The fourth-order valence-electron chi connectivity index (χ4n) is 2.39. The second-order valence-corrected chi connectivity index (χ2v) is 8.05. The second kappa shape index (κ2) is 10.1. The Kier molecular flexibility index (Phi) is 7.26. The highest BCUT2D eigenvalue weighted by molar-refractivity contribution is 8.00. The van der Waals surface area contributed by atoms with Crippen molar-refractivity contribution < 1.29 is 28.2 Å². The van der Waals surface area contributed by atoms with Gasteiger partial charge in [-0.3, -0.25) is 9.59 Å². The Hall–Kier alpha value is -3.38. The fraction of sp³-hybridized carbons (Fsp3) is 0.211. The van der Waals surface area contributed by atoms with E-state index in [2.05, 4.69) is 15.5 Å². The number of aromatic nitrogens is 2. The first kappa shape index (κ1) is 22.3. The van der Waals surface area contributed by atoms with Crippen molar-refractivity contribution in [2.24, 2.45) is 0 Å². The molecular formula is C19H17N3O7S2. The molecule has 0 aliphatic carbocycles. The van der Waals surface area contributed by atoms with Gasteiger partial charge in [-0.25, -0.2) is 4.79 Å². The van der Waals surface area contributed by atoms with Crippen molar-refractivity contribution in [1.82, 2.24) is 10.2 Å². The molecule has 0 atom stereocenters. The fourth-order valence-corrected chi connectivity index (χ4v) is 4.08. The van der Waals surface area contributed by atoms with Gasteiger partial charge in [-0.2, -0.15) is 0 Å². The van der Waals surface area contributed by atoms with Gasteiger partial charge >= 0.3 is 5.97 Å². The molecule has 0 radical (unpaired) electrons. The van der Waals surface area contributed by atoms with Crippen LogP contribution >= 0.6 is 23.1 Å². The third-order valence-corrected chi connectivity index (χ3v) is 5.70. The smallest absolute Gasteiger partial charge is 0.347 e. The highest BCUT2D eigenvalue weighted by Crippen LogP contribution is 2.31. The van der Waals surface area contributed by atoms with Crippen LogP contribution < -0.4 is 25.0 Å². The van der Waals surface area contributed by atoms with E-state index >= 15 is 0 Å². The van der Waals surface area contributed by atoms with Gasteiger partial charge in [0.25, 0.3) is 0 Å². The van der Waals surface area contributed by atoms with Crippen LogP contribution in [0.2, 0.25) is 0 Å². The molecular weight excluding hydrogens is 446 g/mol. The van der Waals surface area contributed by atoms with Crippen molar-refractivity contribution in [2.75, 3.05) is 19.5 Å². The topological polar surface area (TPSA) is 130 Å². The second-order valence-electron chi connectivity index (χ2n) is 5.85. The minimum atomic E-state index is -0.787. The molecule has 0 spiro atoms. The number of ether oxygens (including phenoxy) is 3. The number of carbonyl (C=O) groups excluding carboxylic acids is 2. The molecule has 10 nitrogen and oxygen atoms in total. The SMILES string of the molecule is COc1cccc(C(=O)Oc2coc(CSc3nnc(NC(C)=O)s3)cc2=O)c1OC. The summed E-state index contributed by atoms with van der Waals surface area (Å²) in [5, 5.41) is 10.7. The van der Waals surface area contributed by atoms with E-state index in [0.717, 1.165) is 6.26 Å². The van der Waals surface area contributed by atoms with Crippen LogP contribution in [-0.4, -0.2) is 36.3 Å². The van der Waals surface area contributed by atoms with E-state index in [1.807, 2.05) is 0 Å². The number of rotatable bonds is 8. The Bertz CT molecular complexity index is 1160. The molecule has 1 N–H and O–H groups in total. The molecule has 1 aromatic carbocycles. The summed E-state index contributed by atoms with van der Waals surface area (Å²) in [4.78, 5) is 35.9. The third kappa shape index (κ3) is 5.61. The monoisotopic (exact) mass is 463 g/mol. The van der Waals surface area contributed by atoms with E-state index < -0.39 is 11.4 Å². The summed E-state index contributed by atoms with van der Waals surface area (Å²) in [6.45, 7) is 1.38. The maximum absolute atomic E-state index is 12.5. The third-order valence-electron chi connectivity index (χ3n) is 3.71. The molecule has 0 saturated heterocycles. The summed E-state index contributed by atoms with van der Waals surface area (Å²) in [6.07, 6.45) is 1.08. The molecule has 3 aromatic rings. The number of anilines is 1. The predicted octanol–water partition coefficient (Wildman–Crippen LogP) is 2.98. The number of thioether (sulfide) groups is 1. The first-order valence-corrected chi connectivity index (χ1v) is 10.5. The lowest BCUT2D eigenvalue weighted by atomic mass is 10.2. The van der Waals surface area contributed by atoms with Crippen LogP contribution in [0.5, 0.6) is 17.2 Å². The average Bonchev–Trinajstić information content (AvgIpc) is 3.19. The van der Waals surface area contributed by atoms with Gasteiger partial charge in [-0.1, -0.05) is 29.2 Å². The summed E-state index contributed by atoms with van der Waals surface area (Å²) in [5.74, 6) is -0.0859. The number of benzene rings is 1. The number of hydrogen-bond donors (Lipinski definition) is 1. The maximum Gasteiger partial charge on any atom is 0.347 e. The highest BCUT2D eigenvalue weighted by Gasteiger charge is 2.20. The average molecular weight is 463 g/mol. The molecule has 0 fully saturated rings. The molecule has 0 saturated carbocycles. The van der Waals surface area contributed by atoms with Crippen LogP contribution in [0, 0.1) is 0 Å². The lowest BCUT2D eigenvalue weighted by molar-refractivity contribution is -0.114. The van der Waals surface area contributed by atoms with E-state index in [9.17, 15) is 14.4 Å². The van der Waals surface area contributed by atoms with Gasteiger partial charge in [-0.05, 0) is 12.1 Å². The molecule has 0 unspecified atom stereocenters. The Morgan fingerprint density at radius 1 is 1.19 bits per heavy atom. The largest absolute Gasteiger partial charge is 0.493 e. The van der Waals surface area contributed by atoms with Crippen LogP contribution in [0.15, 0.2) is 44.1 Å². The molecule has 3 rings (SSSR count). The van der Waals surface area contributed by atoms with E-state index in [-0.39, 0.29) is 23.0 Å². The Morgan fingerprint density at radius 2 is 2.00 bits per heavy atom. The van der Waals surface area contributed by atoms with Crippen molar-refractivity contribution in [3.05, 3.63) is 52.1 Å². The first-order valence-electron chi connectivity index (χ1n) is 8.70. The number of hydrogen-bond acceptors (Lipinski definition) is 11. The van der Waals surface area contributed by atoms with Crippen LogP contribution in [0.1, 0.15) is 23.0 Å². The zero-order chi connectivity index (χ0) is 22.4. The Morgan fingerprint density at radius 3 is 2.68 bits per heavy atom. The number of methoxy groups -OCH3 is 2. The number of esters is 1. The summed E-state index contributed by atoms with van der Waals surface area (Å²) >= 11 is 2.48. The molecule has 12 heteroatoms. The molecule has 31 heavy (non-hydrogen) atoms. The van der Waals surface area contributed by atoms with Crippen molar-refractivity contribution >= 4 is 40.1 Å². The van der Waals surface area contributed by atoms with Gasteiger partial charge in [0.2, 0.25) is 22.2 Å². The lowest BCUT2D eigenvalue weighted by Gasteiger charge is -2.11. The van der Waals surface area contributed by atoms with Crippen LogP contribution in [0.3, 0.4) is 0 Å². The zero-order valence-electron chi connectivity index (χ0n) is 16.7. The Balaban J connectivity index is 1.67. The number of amides is 1.